The highest BCUT2D eigenvalue weighted by Crippen LogP contribution is 2.18. The van der Waals surface area contributed by atoms with Crippen LogP contribution in [-0.4, -0.2) is 36.1 Å². The topological polar surface area (TPSA) is 28.2 Å². The highest BCUT2D eigenvalue weighted by molar-refractivity contribution is 7.09. The van der Waals surface area contributed by atoms with Gasteiger partial charge < -0.3 is 5.32 Å². The molecule has 1 saturated carbocycles. The van der Waals surface area contributed by atoms with E-state index < -0.39 is 0 Å². The molecule has 15 heavy (non-hydrogen) atoms. The Morgan fingerprint density at radius 1 is 1.60 bits per heavy atom. The van der Waals surface area contributed by atoms with Crippen LogP contribution in [-0.2, 0) is 6.54 Å². The van der Waals surface area contributed by atoms with Crippen LogP contribution in [0.25, 0.3) is 0 Å². The predicted octanol–water partition coefficient (Wildman–Crippen LogP) is 1.64. The molecule has 0 radical (unpaired) electrons. The number of likely N-dealkylation sites (N-methyl/N-ethyl adjacent to an activating group) is 1. The van der Waals surface area contributed by atoms with Gasteiger partial charge in [-0.25, -0.2) is 4.98 Å². The van der Waals surface area contributed by atoms with Crippen molar-refractivity contribution in [2.24, 2.45) is 0 Å². The molecule has 0 bridgehead atoms. The molecule has 84 valence electrons. The third-order valence-electron chi connectivity index (χ3n) is 2.60. The fraction of sp³-hybridized carbons (Fsp3) is 0.727. The van der Waals surface area contributed by atoms with E-state index in [1.807, 2.05) is 0 Å². The third-order valence-corrected chi connectivity index (χ3v) is 3.42. The van der Waals surface area contributed by atoms with E-state index in [0.717, 1.165) is 30.7 Å². The zero-order valence-corrected chi connectivity index (χ0v) is 10.3. The van der Waals surface area contributed by atoms with E-state index in [-0.39, 0.29) is 0 Å². The van der Waals surface area contributed by atoms with Crippen LogP contribution in [0.5, 0.6) is 0 Å². The number of nitrogens with zero attached hydrogens (tertiary/aromatic N) is 2. The summed E-state index contributed by atoms with van der Waals surface area (Å²) in [4.78, 5) is 6.79. The lowest BCUT2D eigenvalue weighted by Gasteiger charge is -2.15. The van der Waals surface area contributed by atoms with Crippen LogP contribution >= 0.6 is 11.3 Å². The van der Waals surface area contributed by atoms with Gasteiger partial charge >= 0.3 is 0 Å². The number of thiazole rings is 1. The summed E-state index contributed by atoms with van der Waals surface area (Å²) in [7, 11) is 2.16. The highest BCUT2D eigenvalue weighted by atomic mass is 32.1. The Morgan fingerprint density at radius 2 is 2.40 bits per heavy atom. The van der Waals surface area contributed by atoms with Gasteiger partial charge in [0.1, 0.15) is 0 Å². The molecular formula is C11H19N3S. The summed E-state index contributed by atoms with van der Waals surface area (Å²) in [5, 5.41) is 6.83. The molecule has 0 aromatic carbocycles. The van der Waals surface area contributed by atoms with Gasteiger partial charge in [0.25, 0.3) is 0 Å². The molecule has 2 rings (SSSR count). The second-order valence-corrected chi connectivity index (χ2v) is 5.39. The van der Waals surface area contributed by atoms with Gasteiger partial charge in [-0.05, 0) is 26.8 Å². The molecule has 1 heterocycles. The molecule has 0 saturated heterocycles. The summed E-state index contributed by atoms with van der Waals surface area (Å²) < 4.78 is 0. The molecule has 3 nitrogen and oxygen atoms in total. The maximum atomic E-state index is 4.46. The van der Waals surface area contributed by atoms with Gasteiger partial charge in [-0.3, -0.25) is 4.90 Å². The molecular weight excluding hydrogens is 206 g/mol. The maximum absolute atomic E-state index is 4.46. The van der Waals surface area contributed by atoms with Crippen molar-refractivity contribution in [2.45, 2.75) is 32.4 Å². The van der Waals surface area contributed by atoms with E-state index in [2.05, 4.69) is 34.6 Å². The lowest BCUT2D eigenvalue weighted by Crippen LogP contribution is -2.30. The minimum absolute atomic E-state index is 0.819. The van der Waals surface area contributed by atoms with Gasteiger partial charge in [0.2, 0.25) is 0 Å². The Bertz CT molecular complexity index is 307. The van der Waals surface area contributed by atoms with Crippen LogP contribution in [0.15, 0.2) is 5.38 Å². The van der Waals surface area contributed by atoms with Crippen LogP contribution in [0, 0.1) is 6.92 Å². The Kier molecular flexibility index (Phi) is 3.72. The number of hydrogen-bond acceptors (Lipinski definition) is 4. The number of hydrogen-bond donors (Lipinski definition) is 1. The summed E-state index contributed by atoms with van der Waals surface area (Å²) in [6.07, 6.45) is 2.74. The van der Waals surface area contributed by atoms with Crippen molar-refractivity contribution in [2.75, 3.05) is 20.1 Å². The van der Waals surface area contributed by atoms with Crippen LogP contribution in [0.2, 0.25) is 0 Å². The molecule has 0 amide bonds. The normalized spacial score (nSPS) is 16.2. The minimum atomic E-state index is 0.819. The van der Waals surface area contributed by atoms with Gasteiger partial charge in [-0.15, -0.1) is 11.3 Å². The van der Waals surface area contributed by atoms with Crippen molar-refractivity contribution >= 4 is 11.3 Å². The highest BCUT2D eigenvalue weighted by Gasteiger charge is 2.19. The molecule has 4 heteroatoms. The second kappa shape index (κ2) is 5.05. The van der Waals surface area contributed by atoms with Crippen LogP contribution in [0.4, 0.5) is 0 Å². The van der Waals surface area contributed by atoms with Gasteiger partial charge in [-0.1, -0.05) is 0 Å². The Balaban J connectivity index is 1.64. The predicted molar refractivity (Wildman–Crippen MR) is 64.2 cm³/mol. The molecule has 0 aliphatic heterocycles. The molecule has 0 spiro atoms. The Labute approximate surface area is 95.5 Å². The largest absolute Gasteiger partial charge is 0.313 e. The van der Waals surface area contributed by atoms with Crippen molar-refractivity contribution in [3.05, 3.63) is 16.1 Å². The number of nitrogens with one attached hydrogen (secondary N) is 1. The van der Waals surface area contributed by atoms with Crippen molar-refractivity contribution in [3.8, 4) is 0 Å². The first-order chi connectivity index (χ1) is 7.24. The zero-order valence-electron chi connectivity index (χ0n) is 9.49. The van der Waals surface area contributed by atoms with E-state index in [1.54, 1.807) is 11.3 Å². The summed E-state index contributed by atoms with van der Waals surface area (Å²) in [6.45, 7) is 5.23. The Hall–Kier alpha value is -0.450. The van der Waals surface area contributed by atoms with Crippen molar-refractivity contribution < 1.29 is 0 Å². The first-order valence-electron chi connectivity index (χ1n) is 5.57. The lowest BCUT2D eigenvalue weighted by molar-refractivity contribution is 0.321. The van der Waals surface area contributed by atoms with E-state index in [0.29, 0.717) is 0 Å². The molecule has 1 aliphatic carbocycles. The summed E-state index contributed by atoms with van der Waals surface area (Å²) in [5.41, 5.74) is 1.20. The first-order valence-corrected chi connectivity index (χ1v) is 6.45. The fourth-order valence-corrected chi connectivity index (χ4v) is 2.19. The smallest absolute Gasteiger partial charge is 0.0897 e. The van der Waals surface area contributed by atoms with Crippen molar-refractivity contribution in [3.63, 3.8) is 0 Å². The standard InChI is InChI=1S/C11H19N3S/c1-9-13-11(8-15-9)7-14(2)6-5-12-10-3-4-10/h8,10,12H,3-7H2,1-2H3. The van der Waals surface area contributed by atoms with Gasteiger partial charge in [0.05, 0.1) is 10.7 Å². The van der Waals surface area contributed by atoms with Gasteiger partial charge in [0, 0.05) is 31.1 Å². The average Bonchev–Trinajstić information content (AvgIpc) is 2.91. The zero-order chi connectivity index (χ0) is 10.7. The Morgan fingerprint density at radius 3 is 3.00 bits per heavy atom. The molecule has 1 fully saturated rings. The van der Waals surface area contributed by atoms with Crippen molar-refractivity contribution in [1.82, 2.24) is 15.2 Å². The van der Waals surface area contributed by atoms with E-state index in [4.69, 9.17) is 0 Å². The van der Waals surface area contributed by atoms with E-state index >= 15 is 0 Å². The minimum Gasteiger partial charge on any atom is -0.313 e. The van der Waals surface area contributed by atoms with Crippen LogP contribution in [0.1, 0.15) is 23.5 Å². The summed E-state index contributed by atoms with van der Waals surface area (Å²) in [5.74, 6) is 0. The monoisotopic (exact) mass is 225 g/mol. The molecule has 1 aromatic rings. The molecule has 1 aromatic heterocycles. The fourth-order valence-electron chi connectivity index (χ4n) is 1.58. The van der Waals surface area contributed by atoms with Crippen LogP contribution in [0.3, 0.4) is 0 Å². The molecule has 0 unspecified atom stereocenters. The number of rotatable bonds is 6. The second-order valence-electron chi connectivity index (χ2n) is 4.32. The number of aryl methyl sites for hydroxylation is 1. The van der Waals surface area contributed by atoms with Gasteiger partial charge in [-0.2, -0.15) is 0 Å². The van der Waals surface area contributed by atoms with Gasteiger partial charge in [0.15, 0.2) is 0 Å². The molecule has 1 aliphatic rings. The molecule has 0 atom stereocenters. The SMILES string of the molecule is Cc1nc(CN(C)CCNC2CC2)cs1. The van der Waals surface area contributed by atoms with E-state index in [1.165, 1.54) is 18.5 Å². The van der Waals surface area contributed by atoms with Crippen LogP contribution < -0.4 is 5.32 Å². The lowest BCUT2D eigenvalue weighted by atomic mass is 10.4. The quantitative estimate of drug-likeness (QED) is 0.797. The maximum Gasteiger partial charge on any atom is 0.0897 e. The molecule has 1 N–H and O–H groups in total. The first kappa shape index (κ1) is 11.0. The van der Waals surface area contributed by atoms with Crippen molar-refractivity contribution in [1.29, 1.82) is 0 Å². The summed E-state index contributed by atoms with van der Waals surface area (Å²) in [6, 6.07) is 0.819. The number of aromatic nitrogens is 1. The van der Waals surface area contributed by atoms with E-state index in [9.17, 15) is 0 Å². The average molecular weight is 225 g/mol. The third kappa shape index (κ3) is 3.89. The summed E-state index contributed by atoms with van der Waals surface area (Å²) >= 11 is 1.73.